The predicted molar refractivity (Wildman–Crippen MR) is 48.5 cm³/mol. The summed E-state index contributed by atoms with van der Waals surface area (Å²) >= 11 is 2.11. The first kappa shape index (κ1) is 10.8. The van der Waals surface area contributed by atoms with Gasteiger partial charge in [0.1, 0.15) is 0 Å². The van der Waals surface area contributed by atoms with Gasteiger partial charge in [-0.2, -0.15) is 0 Å². The molecule has 1 nitrogen and oxygen atoms in total. The van der Waals surface area contributed by atoms with Crippen LogP contribution < -0.4 is 3.80 Å². The first-order valence-electron chi connectivity index (χ1n) is 5.36. The van der Waals surface area contributed by atoms with E-state index in [0.717, 1.165) is 6.04 Å². The zero-order valence-electron chi connectivity index (χ0n) is 7.94. The Bertz CT molecular complexity index is 96.0. The maximum absolute atomic E-state index is 3.42. The summed E-state index contributed by atoms with van der Waals surface area (Å²) in [5.41, 5.74) is 0. The van der Waals surface area contributed by atoms with Crippen molar-refractivity contribution in [3.8, 4) is 0 Å². The summed E-state index contributed by atoms with van der Waals surface area (Å²) in [4.78, 5) is 0. The predicted octanol–water partition coefficient (Wildman–Crippen LogP) is 2.93. The Balaban J connectivity index is 2.17. The second kappa shape index (κ2) is 7.11. The fourth-order valence-electron chi connectivity index (χ4n) is 1.95. The summed E-state index contributed by atoms with van der Waals surface area (Å²) in [6.45, 7) is 0. The molecule has 0 aromatic heterocycles. The number of nitrogens with one attached hydrogen (secondary N) is 1. The van der Waals surface area contributed by atoms with Crippen molar-refractivity contribution in [2.24, 2.45) is 0 Å². The molecule has 12 heavy (non-hydrogen) atoms. The molecule has 69 valence electrons. The van der Waals surface area contributed by atoms with Gasteiger partial charge in [0, 0.05) is 0 Å². The molecule has 0 bridgehead atoms. The normalized spacial score (nSPS) is 23.6. The average Bonchev–Trinajstić information content (AvgIpc) is 2.14. The van der Waals surface area contributed by atoms with Crippen molar-refractivity contribution in [2.75, 3.05) is 0 Å². The number of hydrogen-bond donors (Lipinski definition) is 1. The van der Waals surface area contributed by atoms with Crippen molar-refractivity contribution < 1.29 is 20.7 Å². The fourth-order valence-corrected chi connectivity index (χ4v) is 2.40. The molecule has 0 aromatic rings. The molecule has 0 radical (unpaired) electrons. The molecule has 1 aliphatic rings. The van der Waals surface area contributed by atoms with E-state index in [1.54, 1.807) is 0 Å². The monoisotopic (exact) mass is 202 g/mol. The summed E-state index contributed by atoms with van der Waals surface area (Å²) in [7, 11) is 0. The molecule has 1 rings (SSSR count). The molecule has 1 N–H and O–H groups in total. The van der Waals surface area contributed by atoms with Crippen molar-refractivity contribution in [1.82, 2.24) is 3.80 Å². The van der Waals surface area contributed by atoms with Crippen molar-refractivity contribution >= 4 is 0 Å². The van der Waals surface area contributed by atoms with Crippen LogP contribution in [0, 0.1) is 0 Å². The van der Waals surface area contributed by atoms with E-state index in [9.17, 15) is 0 Å². The van der Waals surface area contributed by atoms with Gasteiger partial charge in [-0.3, -0.25) is 0 Å². The molecule has 0 saturated heterocycles. The third kappa shape index (κ3) is 4.64. The molecular weight excluding hydrogens is 182 g/mol. The third-order valence-electron chi connectivity index (χ3n) is 2.81. The Hall–Kier alpha value is 0.674. The van der Waals surface area contributed by atoms with Gasteiger partial charge >= 0.3 is 88.3 Å². The van der Waals surface area contributed by atoms with Crippen LogP contribution in [0.5, 0.6) is 0 Å². The molecule has 1 fully saturated rings. The van der Waals surface area contributed by atoms with E-state index in [-0.39, 0.29) is 0 Å². The van der Waals surface area contributed by atoms with Crippen LogP contribution in [0.15, 0.2) is 0 Å². The first-order chi connectivity index (χ1) is 5.93. The van der Waals surface area contributed by atoms with Crippen molar-refractivity contribution in [3.05, 3.63) is 0 Å². The minimum absolute atomic E-state index is 0.808. The first-order valence-corrected chi connectivity index (χ1v) is 6.14. The van der Waals surface area contributed by atoms with Gasteiger partial charge < -0.3 is 0 Å². The molecule has 0 spiro atoms. The van der Waals surface area contributed by atoms with Gasteiger partial charge in [0.05, 0.1) is 0 Å². The molecule has 0 atom stereocenters. The van der Waals surface area contributed by atoms with Crippen molar-refractivity contribution in [1.29, 1.82) is 0 Å². The molecule has 0 heterocycles. The standard InChI is InChI=1S/C10H20N.Ti/c11-10-8-6-4-2-1-3-5-7-9-10;/h10-11H,1-9H2;/q-1;+1. The second-order valence-electron chi connectivity index (χ2n) is 3.89. The van der Waals surface area contributed by atoms with Gasteiger partial charge in [0.25, 0.3) is 0 Å². The Morgan fingerprint density at radius 1 is 0.750 bits per heavy atom. The Labute approximate surface area is 88.4 Å². The zero-order chi connectivity index (χ0) is 8.65. The topological polar surface area (TPSA) is 12.0 Å². The molecule has 0 aromatic carbocycles. The van der Waals surface area contributed by atoms with Gasteiger partial charge in [-0.25, -0.2) is 0 Å². The fraction of sp³-hybridized carbons (Fsp3) is 1.00. The second-order valence-corrected chi connectivity index (χ2v) is 4.34. The number of hydrogen-bond acceptors (Lipinski definition) is 1. The minimum atomic E-state index is 0.808. The van der Waals surface area contributed by atoms with Crippen LogP contribution in [0.3, 0.4) is 0 Å². The van der Waals surface area contributed by atoms with Crippen LogP contribution in [-0.2, 0) is 20.7 Å². The Morgan fingerprint density at radius 3 is 1.58 bits per heavy atom. The molecule has 0 aliphatic heterocycles. The average molecular weight is 202 g/mol. The Kier molecular flexibility index (Phi) is 6.37. The third-order valence-corrected chi connectivity index (χ3v) is 3.45. The molecular formula is C10H20NTi. The summed E-state index contributed by atoms with van der Waals surface area (Å²) in [6, 6.07) is 0.808. The summed E-state index contributed by atoms with van der Waals surface area (Å²) < 4.78 is 3.42. The molecule has 1 saturated carbocycles. The van der Waals surface area contributed by atoms with Crippen molar-refractivity contribution in [3.63, 3.8) is 0 Å². The molecule has 2 heteroatoms. The van der Waals surface area contributed by atoms with E-state index in [1.165, 1.54) is 57.8 Å². The van der Waals surface area contributed by atoms with Crippen LogP contribution in [0.4, 0.5) is 0 Å². The zero-order valence-corrected chi connectivity index (χ0v) is 9.50. The summed E-state index contributed by atoms with van der Waals surface area (Å²) in [5, 5.41) is 0. The van der Waals surface area contributed by atoms with Gasteiger partial charge in [0.15, 0.2) is 0 Å². The summed E-state index contributed by atoms with van der Waals surface area (Å²) in [6.07, 6.45) is 13.0. The van der Waals surface area contributed by atoms with E-state index >= 15 is 0 Å². The SMILES string of the molecule is [Ti][NH]C1CCCCCCCCC1. The maximum atomic E-state index is 3.42. The van der Waals surface area contributed by atoms with Crippen LogP contribution in [0.25, 0.3) is 0 Å². The van der Waals surface area contributed by atoms with Gasteiger partial charge in [-0.05, 0) is 0 Å². The van der Waals surface area contributed by atoms with Gasteiger partial charge in [-0.1, -0.05) is 0 Å². The van der Waals surface area contributed by atoms with E-state index in [1.807, 2.05) is 0 Å². The molecule has 1 aliphatic carbocycles. The van der Waals surface area contributed by atoms with E-state index in [4.69, 9.17) is 0 Å². The van der Waals surface area contributed by atoms with E-state index in [0.29, 0.717) is 0 Å². The molecule has 0 amide bonds. The van der Waals surface area contributed by atoms with Gasteiger partial charge in [-0.15, -0.1) is 0 Å². The van der Waals surface area contributed by atoms with E-state index in [2.05, 4.69) is 24.5 Å². The van der Waals surface area contributed by atoms with Gasteiger partial charge in [0.2, 0.25) is 0 Å². The van der Waals surface area contributed by atoms with E-state index < -0.39 is 0 Å². The number of rotatable bonds is 1. The van der Waals surface area contributed by atoms with Crippen molar-refractivity contribution in [2.45, 2.75) is 63.8 Å². The van der Waals surface area contributed by atoms with Crippen LogP contribution >= 0.6 is 0 Å². The summed E-state index contributed by atoms with van der Waals surface area (Å²) in [5.74, 6) is 0. The van der Waals surface area contributed by atoms with Crippen LogP contribution in [-0.4, -0.2) is 6.04 Å². The quantitative estimate of drug-likeness (QED) is 0.644. The van der Waals surface area contributed by atoms with Crippen LogP contribution in [0.1, 0.15) is 57.8 Å². The molecule has 0 unspecified atom stereocenters. The van der Waals surface area contributed by atoms with Crippen LogP contribution in [0.2, 0.25) is 0 Å². The Morgan fingerprint density at radius 2 is 1.17 bits per heavy atom.